The molecule has 100 valence electrons. The number of hydrogen-bond acceptors (Lipinski definition) is 4. The van der Waals surface area contributed by atoms with E-state index in [0.29, 0.717) is 6.79 Å². The maximum Gasteiger partial charge on any atom is 0.231 e. The molecule has 2 heterocycles. The van der Waals surface area contributed by atoms with Crippen molar-refractivity contribution in [3.63, 3.8) is 0 Å². The molecule has 1 atom stereocenters. The third kappa shape index (κ3) is 2.04. The second-order valence-electron chi connectivity index (χ2n) is 5.73. The first-order chi connectivity index (χ1) is 9.11. The Morgan fingerprint density at radius 2 is 2.16 bits per heavy atom. The van der Waals surface area contributed by atoms with Crippen LogP contribution in [0.25, 0.3) is 0 Å². The van der Waals surface area contributed by atoms with Crippen LogP contribution in [0.5, 0.6) is 11.5 Å². The summed E-state index contributed by atoms with van der Waals surface area (Å²) in [5, 5.41) is 9.20. The lowest BCUT2D eigenvalue weighted by Gasteiger charge is -2.33. The van der Waals surface area contributed by atoms with Gasteiger partial charge in [-0.2, -0.15) is 5.26 Å². The van der Waals surface area contributed by atoms with Gasteiger partial charge in [0.25, 0.3) is 0 Å². The molecular formula is C15H18N2O2. The fraction of sp³-hybridized carbons (Fsp3) is 0.533. The van der Waals surface area contributed by atoms with E-state index < -0.39 is 0 Å². The van der Waals surface area contributed by atoms with E-state index in [-0.39, 0.29) is 11.5 Å². The van der Waals surface area contributed by atoms with Crippen LogP contribution < -0.4 is 9.47 Å². The predicted molar refractivity (Wildman–Crippen MR) is 70.8 cm³/mol. The fourth-order valence-corrected chi connectivity index (χ4v) is 2.91. The summed E-state index contributed by atoms with van der Waals surface area (Å²) < 4.78 is 10.7. The summed E-state index contributed by atoms with van der Waals surface area (Å²) in [4.78, 5) is 2.37. The van der Waals surface area contributed by atoms with Crippen molar-refractivity contribution in [2.45, 2.75) is 32.4 Å². The first-order valence-corrected chi connectivity index (χ1v) is 6.64. The standard InChI is InChI=1S/C15H18N2O2/c1-15(2)12(8-16)5-6-17(15)9-11-3-4-13-14(7-11)19-10-18-13/h3-4,7,12H,5-6,9-10H2,1-2H3. The highest BCUT2D eigenvalue weighted by Crippen LogP contribution is 2.37. The predicted octanol–water partition coefficient (Wildman–Crippen LogP) is 2.54. The smallest absolute Gasteiger partial charge is 0.231 e. The third-order valence-corrected chi connectivity index (χ3v) is 4.32. The Kier molecular flexibility index (Phi) is 2.87. The van der Waals surface area contributed by atoms with Gasteiger partial charge in [-0.05, 0) is 38.0 Å². The molecule has 19 heavy (non-hydrogen) atoms. The van der Waals surface area contributed by atoms with Gasteiger partial charge in [0, 0.05) is 18.6 Å². The van der Waals surface area contributed by atoms with Crippen molar-refractivity contribution in [1.82, 2.24) is 4.90 Å². The Labute approximate surface area is 113 Å². The van der Waals surface area contributed by atoms with Gasteiger partial charge in [-0.15, -0.1) is 0 Å². The maximum absolute atomic E-state index is 9.20. The monoisotopic (exact) mass is 258 g/mol. The van der Waals surface area contributed by atoms with Crippen molar-refractivity contribution in [1.29, 1.82) is 5.26 Å². The number of ether oxygens (including phenoxy) is 2. The zero-order valence-electron chi connectivity index (χ0n) is 11.3. The fourth-order valence-electron chi connectivity index (χ4n) is 2.91. The van der Waals surface area contributed by atoms with Gasteiger partial charge in [0.2, 0.25) is 6.79 Å². The number of fused-ring (bicyclic) bond motifs is 1. The number of hydrogen-bond donors (Lipinski definition) is 0. The number of nitrogens with zero attached hydrogens (tertiary/aromatic N) is 2. The van der Waals surface area contributed by atoms with Crippen molar-refractivity contribution in [2.24, 2.45) is 5.92 Å². The minimum atomic E-state index is -0.0644. The minimum absolute atomic E-state index is 0.0644. The van der Waals surface area contributed by atoms with E-state index in [0.717, 1.165) is 31.0 Å². The molecule has 0 spiro atoms. The van der Waals surface area contributed by atoms with Crippen molar-refractivity contribution >= 4 is 0 Å². The highest BCUT2D eigenvalue weighted by Gasteiger charge is 2.41. The molecular weight excluding hydrogens is 240 g/mol. The second-order valence-corrected chi connectivity index (χ2v) is 5.73. The Balaban J connectivity index is 1.77. The molecule has 4 nitrogen and oxygen atoms in total. The van der Waals surface area contributed by atoms with Gasteiger partial charge in [-0.25, -0.2) is 0 Å². The minimum Gasteiger partial charge on any atom is -0.454 e. The lowest BCUT2D eigenvalue weighted by molar-refractivity contribution is 0.147. The molecule has 0 aromatic heterocycles. The number of nitriles is 1. The van der Waals surface area contributed by atoms with E-state index in [4.69, 9.17) is 9.47 Å². The van der Waals surface area contributed by atoms with Gasteiger partial charge >= 0.3 is 0 Å². The largest absolute Gasteiger partial charge is 0.454 e. The highest BCUT2D eigenvalue weighted by molar-refractivity contribution is 5.44. The molecule has 1 unspecified atom stereocenters. The van der Waals surface area contributed by atoms with Crippen LogP contribution in [0.4, 0.5) is 0 Å². The molecule has 1 aromatic carbocycles. The van der Waals surface area contributed by atoms with Gasteiger partial charge in [-0.1, -0.05) is 6.07 Å². The van der Waals surface area contributed by atoms with Gasteiger partial charge in [0.05, 0.1) is 12.0 Å². The molecule has 2 aliphatic rings. The van der Waals surface area contributed by atoms with Crippen LogP contribution in [-0.4, -0.2) is 23.8 Å². The molecule has 1 aromatic rings. The average molecular weight is 258 g/mol. The third-order valence-electron chi connectivity index (χ3n) is 4.32. The summed E-state index contributed by atoms with van der Waals surface area (Å²) in [6.45, 7) is 6.44. The maximum atomic E-state index is 9.20. The normalized spacial score (nSPS) is 24.4. The molecule has 0 saturated carbocycles. The number of rotatable bonds is 2. The summed E-state index contributed by atoms with van der Waals surface area (Å²) in [6, 6.07) is 8.50. The highest BCUT2D eigenvalue weighted by atomic mass is 16.7. The molecule has 3 rings (SSSR count). The Bertz CT molecular complexity index is 533. The SMILES string of the molecule is CC1(C)C(C#N)CCN1Cc1ccc2c(c1)OCO2. The zero-order chi connectivity index (χ0) is 13.5. The van der Waals surface area contributed by atoms with E-state index in [1.165, 1.54) is 5.56 Å². The first kappa shape index (κ1) is 12.3. The van der Waals surface area contributed by atoms with Crippen molar-refractivity contribution < 1.29 is 9.47 Å². The molecule has 4 heteroatoms. The summed E-state index contributed by atoms with van der Waals surface area (Å²) in [7, 11) is 0. The van der Waals surface area contributed by atoms with E-state index in [1.54, 1.807) is 0 Å². The molecule has 1 fully saturated rings. The summed E-state index contributed by atoms with van der Waals surface area (Å²) in [6.07, 6.45) is 0.952. The number of likely N-dealkylation sites (tertiary alicyclic amines) is 1. The Morgan fingerprint density at radius 3 is 2.89 bits per heavy atom. The molecule has 0 bridgehead atoms. The molecule has 0 aliphatic carbocycles. The van der Waals surface area contributed by atoms with Gasteiger partial charge < -0.3 is 9.47 Å². The van der Waals surface area contributed by atoms with Crippen LogP contribution in [0.15, 0.2) is 18.2 Å². The van der Waals surface area contributed by atoms with E-state index in [1.807, 2.05) is 12.1 Å². The van der Waals surface area contributed by atoms with Gasteiger partial charge in [0.1, 0.15) is 0 Å². The molecule has 2 aliphatic heterocycles. The first-order valence-electron chi connectivity index (χ1n) is 6.64. The summed E-state index contributed by atoms with van der Waals surface area (Å²) >= 11 is 0. The average Bonchev–Trinajstić information content (AvgIpc) is 2.94. The Morgan fingerprint density at radius 1 is 1.37 bits per heavy atom. The van der Waals surface area contributed by atoms with E-state index >= 15 is 0 Å². The zero-order valence-corrected chi connectivity index (χ0v) is 11.3. The molecule has 0 radical (unpaired) electrons. The molecule has 0 N–H and O–H groups in total. The van der Waals surface area contributed by atoms with Gasteiger partial charge in [0.15, 0.2) is 11.5 Å². The lowest BCUT2D eigenvalue weighted by atomic mass is 9.89. The summed E-state index contributed by atoms with van der Waals surface area (Å²) in [5.74, 6) is 1.76. The van der Waals surface area contributed by atoms with Crippen LogP contribution in [-0.2, 0) is 6.54 Å². The number of benzene rings is 1. The van der Waals surface area contributed by atoms with Crippen LogP contribution in [0.3, 0.4) is 0 Å². The second kappa shape index (κ2) is 4.43. The van der Waals surface area contributed by atoms with E-state index in [2.05, 4.69) is 30.9 Å². The lowest BCUT2D eigenvalue weighted by Crippen LogP contribution is -2.41. The van der Waals surface area contributed by atoms with Crippen LogP contribution >= 0.6 is 0 Å². The van der Waals surface area contributed by atoms with Crippen LogP contribution in [0.1, 0.15) is 25.8 Å². The van der Waals surface area contributed by atoms with Crippen LogP contribution in [0.2, 0.25) is 0 Å². The van der Waals surface area contributed by atoms with Crippen molar-refractivity contribution in [2.75, 3.05) is 13.3 Å². The summed E-state index contributed by atoms with van der Waals surface area (Å²) in [5.41, 5.74) is 1.14. The van der Waals surface area contributed by atoms with Gasteiger partial charge in [-0.3, -0.25) is 4.90 Å². The Hall–Kier alpha value is -1.73. The molecule has 0 amide bonds. The topological polar surface area (TPSA) is 45.5 Å². The van der Waals surface area contributed by atoms with Crippen molar-refractivity contribution in [3.8, 4) is 17.6 Å². The van der Waals surface area contributed by atoms with Crippen molar-refractivity contribution in [3.05, 3.63) is 23.8 Å². The quantitative estimate of drug-likeness (QED) is 0.817. The van der Waals surface area contributed by atoms with E-state index in [9.17, 15) is 5.26 Å². The van der Waals surface area contributed by atoms with Crippen LogP contribution in [0, 0.1) is 17.2 Å². The molecule has 1 saturated heterocycles.